The van der Waals surface area contributed by atoms with Crippen molar-refractivity contribution in [3.63, 3.8) is 0 Å². The fourth-order valence-electron chi connectivity index (χ4n) is 4.01. The summed E-state index contributed by atoms with van der Waals surface area (Å²) < 4.78 is 10.7. The van der Waals surface area contributed by atoms with Gasteiger partial charge < -0.3 is 14.1 Å². The fourth-order valence-corrected chi connectivity index (χ4v) is 4.01. The molecule has 0 unspecified atom stereocenters. The molecule has 0 bridgehead atoms. The van der Waals surface area contributed by atoms with E-state index in [4.69, 9.17) is 9.15 Å². The van der Waals surface area contributed by atoms with Gasteiger partial charge in [0.2, 0.25) is 5.91 Å². The molecule has 3 aromatic rings. The summed E-state index contributed by atoms with van der Waals surface area (Å²) in [5.74, 6) is 0.590. The third-order valence-electron chi connectivity index (χ3n) is 5.96. The molecule has 31 heavy (non-hydrogen) atoms. The van der Waals surface area contributed by atoms with Crippen molar-refractivity contribution in [1.29, 1.82) is 0 Å². The number of benzene rings is 1. The van der Waals surface area contributed by atoms with Crippen LogP contribution in [-0.4, -0.2) is 60.5 Å². The second-order valence-electron chi connectivity index (χ2n) is 7.83. The Hall–Kier alpha value is -3.19. The van der Waals surface area contributed by atoms with Crippen molar-refractivity contribution >= 4 is 16.9 Å². The van der Waals surface area contributed by atoms with E-state index in [0.29, 0.717) is 30.0 Å². The van der Waals surface area contributed by atoms with Gasteiger partial charge in [-0.15, -0.1) is 0 Å². The lowest BCUT2D eigenvalue weighted by Gasteiger charge is -2.34. The number of rotatable bonds is 6. The van der Waals surface area contributed by atoms with Crippen LogP contribution in [0.4, 0.5) is 0 Å². The molecule has 0 N–H and O–H groups in total. The Bertz CT molecular complexity index is 1120. The van der Waals surface area contributed by atoms with E-state index in [2.05, 4.69) is 9.88 Å². The van der Waals surface area contributed by atoms with Crippen molar-refractivity contribution in [2.45, 2.75) is 19.8 Å². The van der Waals surface area contributed by atoms with E-state index in [0.717, 1.165) is 42.7 Å². The maximum absolute atomic E-state index is 12.9. The fraction of sp³-hybridized carbons (Fsp3) is 0.375. The third kappa shape index (κ3) is 4.77. The largest absolute Gasteiger partial charge is 0.497 e. The average Bonchev–Trinajstić information content (AvgIpc) is 2.81. The summed E-state index contributed by atoms with van der Waals surface area (Å²) in [4.78, 5) is 34.0. The van der Waals surface area contributed by atoms with Gasteiger partial charge in [-0.05, 0) is 36.8 Å². The van der Waals surface area contributed by atoms with Crippen LogP contribution in [0.2, 0.25) is 0 Å². The minimum absolute atomic E-state index is 0.0346. The van der Waals surface area contributed by atoms with E-state index >= 15 is 0 Å². The molecule has 1 aliphatic rings. The molecule has 0 atom stereocenters. The van der Waals surface area contributed by atoms with Crippen molar-refractivity contribution in [3.8, 4) is 5.75 Å². The quantitative estimate of drug-likeness (QED) is 0.569. The zero-order chi connectivity index (χ0) is 21.8. The van der Waals surface area contributed by atoms with Crippen LogP contribution in [0.25, 0.3) is 11.0 Å². The topological polar surface area (TPSA) is 75.9 Å². The lowest BCUT2D eigenvalue weighted by molar-refractivity contribution is -0.132. The monoisotopic (exact) mass is 421 g/mol. The number of amides is 1. The van der Waals surface area contributed by atoms with Gasteiger partial charge in [0, 0.05) is 62.5 Å². The van der Waals surface area contributed by atoms with Crippen molar-refractivity contribution in [3.05, 3.63) is 69.8 Å². The molecular formula is C24H27N3O4. The van der Waals surface area contributed by atoms with Crippen molar-refractivity contribution in [2.24, 2.45) is 0 Å². The van der Waals surface area contributed by atoms with Gasteiger partial charge in [0.15, 0.2) is 0 Å². The number of nitrogens with zero attached hydrogens (tertiary/aromatic N) is 3. The maximum Gasteiger partial charge on any atom is 0.340 e. The highest BCUT2D eigenvalue weighted by Crippen LogP contribution is 2.24. The van der Waals surface area contributed by atoms with E-state index in [1.54, 1.807) is 13.2 Å². The molecule has 4 rings (SSSR count). The number of pyridine rings is 1. The molecule has 7 heteroatoms. The standard InChI is InChI=1S/C24H27N3O4/c1-17-20-7-6-19(30-2)15-22(20)31-24(29)21(17)16-23(28)27-13-11-26(12-14-27)10-8-18-5-3-4-9-25-18/h3-7,9,15H,8,10-14,16H2,1-2H3. The predicted molar refractivity (Wildman–Crippen MR) is 118 cm³/mol. The summed E-state index contributed by atoms with van der Waals surface area (Å²) in [5.41, 5.74) is 2.31. The van der Waals surface area contributed by atoms with Gasteiger partial charge in [-0.2, -0.15) is 0 Å². The molecule has 2 aromatic heterocycles. The Balaban J connectivity index is 1.38. The number of carbonyl (C=O) groups is 1. The average molecular weight is 421 g/mol. The second-order valence-corrected chi connectivity index (χ2v) is 7.83. The number of methoxy groups -OCH3 is 1. The first kappa shape index (κ1) is 21.1. The summed E-state index contributed by atoms with van der Waals surface area (Å²) >= 11 is 0. The number of aromatic nitrogens is 1. The minimum Gasteiger partial charge on any atom is -0.497 e. The van der Waals surface area contributed by atoms with Crippen molar-refractivity contribution in [1.82, 2.24) is 14.8 Å². The number of carbonyl (C=O) groups excluding carboxylic acids is 1. The normalized spacial score (nSPS) is 14.7. The number of fused-ring (bicyclic) bond motifs is 1. The molecule has 7 nitrogen and oxygen atoms in total. The van der Waals surface area contributed by atoms with Crippen LogP contribution in [0.1, 0.15) is 16.8 Å². The van der Waals surface area contributed by atoms with E-state index in [9.17, 15) is 9.59 Å². The maximum atomic E-state index is 12.9. The Morgan fingerprint density at radius 1 is 1.16 bits per heavy atom. The molecule has 162 valence electrons. The van der Waals surface area contributed by atoms with Crippen molar-refractivity contribution in [2.75, 3.05) is 39.8 Å². The molecule has 1 aliphatic heterocycles. The molecule has 1 saturated heterocycles. The Morgan fingerprint density at radius 2 is 1.97 bits per heavy atom. The summed E-state index contributed by atoms with van der Waals surface area (Å²) in [6, 6.07) is 11.3. The van der Waals surface area contributed by atoms with Crippen LogP contribution in [-0.2, 0) is 17.6 Å². The van der Waals surface area contributed by atoms with Crippen LogP contribution in [0.3, 0.4) is 0 Å². The van der Waals surface area contributed by atoms with Crippen LogP contribution >= 0.6 is 0 Å². The predicted octanol–water partition coefficient (Wildman–Crippen LogP) is 2.43. The highest BCUT2D eigenvalue weighted by molar-refractivity contribution is 5.85. The van der Waals surface area contributed by atoms with Gasteiger partial charge in [-0.25, -0.2) is 4.79 Å². The van der Waals surface area contributed by atoms with Gasteiger partial charge in [0.25, 0.3) is 0 Å². The Morgan fingerprint density at radius 3 is 2.68 bits per heavy atom. The summed E-state index contributed by atoms with van der Waals surface area (Å²) in [5, 5.41) is 0.822. The smallest absolute Gasteiger partial charge is 0.340 e. The highest BCUT2D eigenvalue weighted by Gasteiger charge is 2.23. The highest BCUT2D eigenvalue weighted by atomic mass is 16.5. The molecule has 0 radical (unpaired) electrons. The number of hydrogen-bond acceptors (Lipinski definition) is 6. The van der Waals surface area contributed by atoms with Crippen LogP contribution < -0.4 is 10.4 Å². The number of hydrogen-bond donors (Lipinski definition) is 0. The molecule has 1 amide bonds. The zero-order valence-corrected chi connectivity index (χ0v) is 18.0. The first-order valence-electron chi connectivity index (χ1n) is 10.6. The lowest BCUT2D eigenvalue weighted by Crippen LogP contribution is -2.49. The number of aryl methyl sites for hydroxylation is 1. The molecule has 1 aromatic carbocycles. The third-order valence-corrected chi connectivity index (χ3v) is 5.96. The molecule has 0 aliphatic carbocycles. The molecule has 1 fully saturated rings. The first-order chi connectivity index (χ1) is 15.0. The first-order valence-corrected chi connectivity index (χ1v) is 10.6. The number of ether oxygens (including phenoxy) is 1. The van der Waals surface area contributed by atoms with Gasteiger partial charge in [-0.1, -0.05) is 6.07 Å². The molecule has 3 heterocycles. The Labute approximate surface area is 181 Å². The summed E-state index contributed by atoms with van der Waals surface area (Å²) in [6.45, 7) is 5.76. The lowest BCUT2D eigenvalue weighted by atomic mass is 10.0. The van der Waals surface area contributed by atoms with Crippen LogP contribution in [0, 0.1) is 6.92 Å². The zero-order valence-electron chi connectivity index (χ0n) is 18.0. The van der Waals surface area contributed by atoms with Crippen LogP contribution in [0.15, 0.2) is 51.8 Å². The Kier molecular flexibility index (Phi) is 6.32. The summed E-state index contributed by atoms with van der Waals surface area (Å²) in [7, 11) is 1.57. The molecule has 0 spiro atoms. The van der Waals surface area contributed by atoms with Gasteiger partial charge in [0.05, 0.1) is 19.1 Å². The van der Waals surface area contributed by atoms with Gasteiger partial charge >= 0.3 is 5.63 Å². The van der Waals surface area contributed by atoms with Crippen LogP contribution in [0.5, 0.6) is 5.75 Å². The van der Waals surface area contributed by atoms with E-state index in [-0.39, 0.29) is 12.3 Å². The molecule has 0 saturated carbocycles. The van der Waals surface area contributed by atoms with Gasteiger partial charge in [-0.3, -0.25) is 14.7 Å². The van der Waals surface area contributed by atoms with Crippen molar-refractivity contribution < 1.29 is 13.9 Å². The second kappa shape index (κ2) is 9.31. The molecular weight excluding hydrogens is 394 g/mol. The number of piperazine rings is 1. The SMILES string of the molecule is COc1ccc2c(C)c(CC(=O)N3CCN(CCc4ccccn4)CC3)c(=O)oc2c1. The van der Waals surface area contributed by atoms with E-state index in [1.807, 2.05) is 48.4 Å². The summed E-state index contributed by atoms with van der Waals surface area (Å²) in [6.07, 6.45) is 2.77. The van der Waals surface area contributed by atoms with E-state index < -0.39 is 5.63 Å². The van der Waals surface area contributed by atoms with E-state index in [1.165, 1.54) is 0 Å². The van der Waals surface area contributed by atoms with Gasteiger partial charge in [0.1, 0.15) is 11.3 Å². The minimum atomic E-state index is -0.458.